The molecule has 0 aromatic heterocycles. The van der Waals surface area contributed by atoms with Gasteiger partial charge in [0.15, 0.2) is 0 Å². The normalized spacial score (nSPS) is 23.1. The van der Waals surface area contributed by atoms with Gasteiger partial charge in [-0.15, -0.1) is 0 Å². The number of benzene rings is 1. The minimum Gasteiger partial charge on any atom is -0.396 e. The van der Waals surface area contributed by atoms with Gasteiger partial charge in [-0.2, -0.15) is 0 Å². The number of unbranched alkanes of at least 4 members (excludes halogenated alkanes) is 1. The van der Waals surface area contributed by atoms with Crippen LogP contribution in [0.4, 0.5) is 0 Å². The van der Waals surface area contributed by atoms with Crippen LogP contribution in [-0.4, -0.2) is 42.0 Å². The number of hydrogen-bond donors (Lipinski definition) is 1. The highest BCUT2D eigenvalue weighted by molar-refractivity contribution is 5.90. The topological polar surface area (TPSA) is 35.8 Å². The smallest absolute Gasteiger partial charge is 0.0658 e. The summed E-state index contributed by atoms with van der Waals surface area (Å²) in [5.41, 5.74) is 6.96. The van der Waals surface area contributed by atoms with Crippen molar-refractivity contribution < 1.29 is 5.11 Å². The lowest BCUT2D eigenvalue weighted by molar-refractivity contribution is 0.263. The molecule has 0 bridgehead atoms. The number of likely N-dealkylation sites (tertiary alicyclic amines) is 1. The Hall–Kier alpha value is -1.45. The quantitative estimate of drug-likeness (QED) is 0.518. The molecule has 3 heteroatoms. The Balaban J connectivity index is 1.70. The molecule has 1 saturated heterocycles. The molecule has 0 radical (unpaired) electrons. The van der Waals surface area contributed by atoms with Crippen LogP contribution in [0, 0.1) is 5.92 Å². The molecule has 1 atom stereocenters. The molecule has 28 heavy (non-hydrogen) atoms. The van der Waals surface area contributed by atoms with Gasteiger partial charge >= 0.3 is 0 Å². The van der Waals surface area contributed by atoms with Gasteiger partial charge in [0.1, 0.15) is 0 Å². The number of hydrogen-bond acceptors (Lipinski definition) is 3. The molecule has 0 amide bonds. The van der Waals surface area contributed by atoms with E-state index in [-0.39, 0.29) is 0 Å². The van der Waals surface area contributed by atoms with Crippen molar-refractivity contribution in [3.05, 3.63) is 41.0 Å². The highest BCUT2D eigenvalue weighted by Crippen LogP contribution is 2.38. The van der Waals surface area contributed by atoms with Gasteiger partial charge in [-0.05, 0) is 88.1 Å². The Morgan fingerprint density at radius 3 is 2.89 bits per heavy atom. The van der Waals surface area contributed by atoms with Crippen molar-refractivity contribution in [3.8, 4) is 0 Å². The first-order valence-corrected chi connectivity index (χ1v) is 11.1. The van der Waals surface area contributed by atoms with E-state index in [4.69, 9.17) is 10.1 Å². The second-order valence-electron chi connectivity index (χ2n) is 9.25. The lowest BCUT2D eigenvalue weighted by atomic mass is 9.72. The van der Waals surface area contributed by atoms with E-state index in [0.29, 0.717) is 17.9 Å². The van der Waals surface area contributed by atoms with Crippen LogP contribution in [0.25, 0.3) is 5.70 Å². The Labute approximate surface area is 171 Å². The molecule has 1 N–H and O–H groups in total. The van der Waals surface area contributed by atoms with E-state index in [1.54, 1.807) is 0 Å². The maximum atomic E-state index is 8.97. The van der Waals surface area contributed by atoms with Crippen LogP contribution in [-0.2, 0) is 11.8 Å². The maximum absolute atomic E-state index is 8.97. The number of aliphatic hydroxyl groups excluding tert-OH is 1. The second kappa shape index (κ2) is 9.37. The molecule has 1 fully saturated rings. The number of rotatable bonds is 7. The first kappa shape index (κ1) is 21.3. The van der Waals surface area contributed by atoms with Crippen molar-refractivity contribution in [2.75, 3.05) is 26.2 Å². The summed E-state index contributed by atoms with van der Waals surface area (Å²) >= 11 is 0. The fourth-order valence-electron chi connectivity index (χ4n) is 4.88. The zero-order valence-corrected chi connectivity index (χ0v) is 18.3. The Morgan fingerprint density at radius 1 is 1.32 bits per heavy atom. The van der Waals surface area contributed by atoms with E-state index in [1.807, 2.05) is 0 Å². The van der Waals surface area contributed by atoms with Crippen LogP contribution in [0.1, 0.15) is 76.5 Å². The third kappa shape index (κ3) is 4.93. The molecular weight excluding hydrogens is 344 g/mol. The van der Waals surface area contributed by atoms with Gasteiger partial charge in [-0.1, -0.05) is 32.1 Å². The largest absolute Gasteiger partial charge is 0.396 e. The SMILES string of the molecule is C/C=C(\N=C(C)C1CCN(CCCCO)C1)c1ccc2c(c1)CCCC2(C)C. The molecule has 1 aliphatic carbocycles. The fraction of sp³-hybridized carbons (Fsp3) is 0.640. The van der Waals surface area contributed by atoms with Crippen LogP contribution >= 0.6 is 0 Å². The van der Waals surface area contributed by atoms with Crippen LogP contribution < -0.4 is 0 Å². The number of aliphatic hydroxyl groups is 1. The summed E-state index contributed by atoms with van der Waals surface area (Å²) in [6, 6.07) is 7.00. The molecule has 3 nitrogen and oxygen atoms in total. The predicted molar refractivity (Wildman–Crippen MR) is 120 cm³/mol. The van der Waals surface area contributed by atoms with Crippen molar-refractivity contribution in [2.24, 2.45) is 10.9 Å². The summed E-state index contributed by atoms with van der Waals surface area (Å²) in [6.07, 6.45) is 9.11. The first-order valence-electron chi connectivity index (χ1n) is 11.1. The Kier molecular flexibility index (Phi) is 7.11. The molecule has 1 aromatic rings. The first-order chi connectivity index (χ1) is 13.4. The number of aryl methyl sites for hydroxylation is 1. The maximum Gasteiger partial charge on any atom is 0.0658 e. The van der Waals surface area contributed by atoms with Crippen molar-refractivity contribution in [1.29, 1.82) is 0 Å². The molecule has 1 aliphatic heterocycles. The van der Waals surface area contributed by atoms with E-state index < -0.39 is 0 Å². The standard InChI is InChI=1S/C25H38N2O/c1-5-24(21-10-11-23-20(17-21)9-8-13-25(23,3)4)26-19(2)22-12-15-27(18-22)14-6-7-16-28/h5,10-11,17,22,28H,6-9,12-16,18H2,1-4H3/b24-5-,26-19?. The van der Waals surface area contributed by atoms with Gasteiger partial charge in [0.2, 0.25) is 0 Å². The third-order valence-corrected chi connectivity index (χ3v) is 6.69. The number of allylic oxidation sites excluding steroid dienone is 1. The average molecular weight is 383 g/mol. The van der Waals surface area contributed by atoms with Crippen molar-refractivity contribution in [2.45, 2.75) is 71.6 Å². The molecule has 154 valence electrons. The van der Waals surface area contributed by atoms with Gasteiger partial charge in [0.25, 0.3) is 0 Å². The van der Waals surface area contributed by atoms with E-state index in [9.17, 15) is 0 Å². The van der Waals surface area contributed by atoms with E-state index in [2.05, 4.69) is 56.9 Å². The van der Waals surface area contributed by atoms with Gasteiger partial charge < -0.3 is 10.0 Å². The molecule has 2 aliphatic rings. The zero-order chi connectivity index (χ0) is 20.1. The minimum absolute atomic E-state index is 0.296. The summed E-state index contributed by atoms with van der Waals surface area (Å²) in [6.45, 7) is 12.7. The third-order valence-electron chi connectivity index (χ3n) is 6.69. The molecule has 0 saturated carbocycles. The lowest BCUT2D eigenvalue weighted by Crippen LogP contribution is -2.24. The van der Waals surface area contributed by atoms with Crippen LogP contribution in [0.15, 0.2) is 29.3 Å². The summed E-state index contributed by atoms with van der Waals surface area (Å²) in [4.78, 5) is 7.60. The molecule has 1 heterocycles. The van der Waals surface area contributed by atoms with E-state index in [0.717, 1.165) is 38.2 Å². The Bertz CT molecular complexity index is 732. The number of aliphatic imine (C=N–C) groups is 1. The lowest BCUT2D eigenvalue weighted by Gasteiger charge is -2.32. The van der Waals surface area contributed by atoms with E-state index >= 15 is 0 Å². The van der Waals surface area contributed by atoms with Gasteiger partial charge in [0.05, 0.1) is 5.70 Å². The van der Waals surface area contributed by atoms with Gasteiger partial charge in [0, 0.05) is 30.3 Å². The van der Waals surface area contributed by atoms with Crippen LogP contribution in [0.5, 0.6) is 0 Å². The highest BCUT2D eigenvalue weighted by atomic mass is 16.2. The molecule has 3 rings (SSSR count). The number of nitrogens with zero attached hydrogens (tertiary/aromatic N) is 2. The highest BCUT2D eigenvalue weighted by Gasteiger charge is 2.28. The minimum atomic E-state index is 0.296. The predicted octanol–water partition coefficient (Wildman–Crippen LogP) is 5.22. The summed E-state index contributed by atoms with van der Waals surface area (Å²) in [5, 5.41) is 8.97. The molecular formula is C25H38N2O. The number of fused-ring (bicyclic) bond motifs is 1. The van der Waals surface area contributed by atoms with E-state index in [1.165, 1.54) is 48.1 Å². The Morgan fingerprint density at radius 2 is 2.14 bits per heavy atom. The summed E-state index contributed by atoms with van der Waals surface area (Å²) < 4.78 is 0. The molecule has 1 unspecified atom stereocenters. The molecule has 0 spiro atoms. The fourth-order valence-corrected chi connectivity index (χ4v) is 4.88. The van der Waals surface area contributed by atoms with Crippen LogP contribution in [0.2, 0.25) is 0 Å². The van der Waals surface area contributed by atoms with Crippen molar-refractivity contribution in [3.63, 3.8) is 0 Å². The molecule has 1 aromatic carbocycles. The average Bonchev–Trinajstić information content (AvgIpc) is 3.14. The van der Waals surface area contributed by atoms with Crippen LogP contribution in [0.3, 0.4) is 0 Å². The monoisotopic (exact) mass is 382 g/mol. The van der Waals surface area contributed by atoms with Crippen molar-refractivity contribution >= 4 is 11.4 Å². The van der Waals surface area contributed by atoms with Gasteiger partial charge in [-0.3, -0.25) is 4.99 Å². The second-order valence-corrected chi connectivity index (χ2v) is 9.25. The van der Waals surface area contributed by atoms with Gasteiger partial charge in [-0.25, -0.2) is 0 Å². The zero-order valence-electron chi connectivity index (χ0n) is 18.3. The summed E-state index contributed by atoms with van der Waals surface area (Å²) in [5.74, 6) is 0.556. The summed E-state index contributed by atoms with van der Waals surface area (Å²) in [7, 11) is 0. The van der Waals surface area contributed by atoms with Crippen molar-refractivity contribution in [1.82, 2.24) is 4.90 Å².